The topological polar surface area (TPSA) is 120 Å². The Bertz CT molecular complexity index is 802. The van der Waals surface area contributed by atoms with E-state index in [1.54, 1.807) is 13.0 Å². The average molecular weight is 271 g/mol. The van der Waals surface area contributed by atoms with Gasteiger partial charge in [-0.1, -0.05) is 12.1 Å². The lowest BCUT2D eigenvalue weighted by Crippen LogP contribution is -2.12. The minimum absolute atomic E-state index is 0.0740. The Balaban J connectivity index is 2.83. The number of H-pyrrole nitrogens is 1. The van der Waals surface area contributed by atoms with Crippen molar-refractivity contribution in [1.29, 1.82) is 5.26 Å². The van der Waals surface area contributed by atoms with Crippen LogP contribution >= 0.6 is 0 Å². The van der Waals surface area contributed by atoms with Crippen molar-refractivity contribution in [2.24, 2.45) is 0 Å². The molecule has 7 heteroatoms. The zero-order valence-corrected chi connectivity index (χ0v) is 10.4. The number of phenolic OH excluding ortho intramolecular Hbond substituents is 1. The van der Waals surface area contributed by atoms with Crippen LogP contribution in [0.25, 0.3) is 11.1 Å². The van der Waals surface area contributed by atoms with E-state index in [-0.39, 0.29) is 16.7 Å². The van der Waals surface area contributed by atoms with E-state index in [0.29, 0.717) is 5.69 Å². The summed E-state index contributed by atoms with van der Waals surface area (Å²) < 4.78 is 0. The van der Waals surface area contributed by atoms with E-state index in [9.17, 15) is 20.0 Å². The molecule has 2 N–H and O–H groups in total. The minimum Gasteiger partial charge on any atom is -0.502 e. The number of pyridine rings is 1. The highest BCUT2D eigenvalue weighted by atomic mass is 16.6. The fourth-order valence-electron chi connectivity index (χ4n) is 1.91. The molecule has 0 amide bonds. The molecule has 2 aromatic rings. The SMILES string of the molecule is Cc1cc(-c2cccc([N+](=O)[O-])c2O)c(C#N)c(=O)[nH]1. The highest BCUT2D eigenvalue weighted by molar-refractivity contribution is 5.78. The Labute approximate surface area is 112 Å². The lowest BCUT2D eigenvalue weighted by Gasteiger charge is -2.07. The summed E-state index contributed by atoms with van der Waals surface area (Å²) in [6.07, 6.45) is 0. The molecule has 0 aliphatic carbocycles. The van der Waals surface area contributed by atoms with Gasteiger partial charge in [-0.25, -0.2) is 0 Å². The first kappa shape index (κ1) is 13.3. The quantitative estimate of drug-likeness (QED) is 0.637. The number of nitrogens with one attached hydrogen (secondary N) is 1. The number of aromatic amines is 1. The lowest BCUT2D eigenvalue weighted by atomic mass is 9.99. The molecule has 0 radical (unpaired) electrons. The summed E-state index contributed by atoms with van der Waals surface area (Å²) in [4.78, 5) is 24.2. The molecule has 20 heavy (non-hydrogen) atoms. The van der Waals surface area contributed by atoms with E-state index in [1.165, 1.54) is 18.2 Å². The molecule has 0 saturated heterocycles. The van der Waals surface area contributed by atoms with E-state index in [4.69, 9.17) is 5.26 Å². The van der Waals surface area contributed by atoms with Crippen LogP contribution in [-0.2, 0) is 0 Å². The third kappa shape index (κ3) is 2.10. The van der Waals surface area contributed by atoms with Gasteiger partial charge in [-0.3, -0.25) is 14.9 Å². The zero-order valence-electron chi connectivity index (χ0n) is 10.4. The van der Waals surface area contributed by atoms with Crippen molar-refractivity contribution in [2.45, 2.75) is 6.92 Å². The Kier molecular flexibility index (Phi) is 3.23. The summed E-state index contributed by atoms with van der Waals surface area (Å²) in [6.45, 7) is 1.61. The third-order valence-electron chi connectivity index (χ3n) is 2.78. The molecule has 0 spiro atoms. The lowest BCUT2D eigenvalue weighted by molar-refractivity contribution is -0.385. The van der Waals surface area contributed by atoms with Crippen LogP contribution in [0.15, 0.2) is 29.1 Å². The highest BCUT2D eigenvalue weighted by Crippen LogP contribution is 2.37. The largest absolute Gasteiger partial charge is 0.502 e. The van der Waals surface area contributed by atoms with Gasteiger partial charge in [0.25, 0.3) is 5.56 Å². The van der Waals surface area contributed by atoms with Crippen molar-refractivity contribution in [1.82, 2.24) is 4.98 Å². The molecule has 0 fully saturated rings. The van der Waals surface area contributed by atoms with Gasteiger partial charge in [0.1, 0.15) is 11.6 Å². The van der Waals surface area contributed by atoms with Gasteiger partial charge >= 0.3 is 5.69 Å². The maximum absolute atomic E-state index is 11.7. The summed E-state index contributed by atoms with van der Waals surface area (Å²) in [5.41, 5.74) is -0.570. The van der Waals surface area contributed by atoms with Crippen molar-refractivity contribution in [3.8, 4) is 22.9 Å². The standard InChI is InChI=1S/C13H9N3O4/c1-7-5-9(10(6-14)13(18)15-7)8-3-2-4-11(12(8)17)16(19)20/h2-5,17H,1H3,(H,15,18). The second-order valence-corrected chi connectivity index (χ2v) is 4.11. The second-order valence-electron chi connectivity index (χ2n) is 4.11. The molecule has 0 atom stereocenters. The van der Waals surface area contributed by atoms with Gasteiger partial charge in [0, 0.05) is 22.9 Å². The monoisotopic (exact) mass is 271 g/mol. The van der Waals surface area contributed by atoms with Crippen LogP contribution in [0.1, 0.15) is 11.3 Å². The van der Waals surface area contributed by atoms with Gasteiger partial charge < -0.3 is 10.1 Å². The number of benzene rings is 1. The average Bonchev–Trinajstić information content (AvgIpc) is 2.37. The number of nitro groups is 1. The van der Waals surface area contributed by atoms with Gasteiger partial charge in [-0.05, 0) is 13.0 Å². The van der Waals surface area contributed by atoms with Gasteiger partial charge in [-0.15, -0.1) is 0 Å². The Morgan fingerprint density at radius 3 is 2.70 bits per heavy atom. The molecule has 0 bridgehead atoms. The van der Waals surface area contributed by atoms with Crippen LogP contribution in [-0.4, -0.2) is 15.0 Å². The third-order valence-corrected chi connectivity index (χ3v) is 2.78. The summed E-state index contributed by atoms with van der Waals surface area (Å²) in [6, 6.07) is 7.16. The number of hydrogen-bond donors (Lipinski definition) is 2. The first-order chi connectivity index (χ1) is 9.45. The van der Waals surface area contributed by atoms with Crippen molar-refractivity contribution in [3.05, 3.63) is 56.0 Å². The smallest absolute Gasteiger partial charge is 0.311 e. The summed E-state index contributed by atoms with van der Waals surface area (Å²) in [7, 11) is 0. The number of phenols is 1. The van der Waals surface area contributed by atoms with Gasteiger partial charge in [0.15, 0.2) is 0 Å². The molecule has 2 rings (SSSR count). The van der Waals surface area contributed by atoms with Crippen molar-refractivity contribution < 1.29 is 10.0 Å². The first-order valence-corrected chi connectivity index (χ1v) is 5.56. The zero-order chi connectivity index (χ0) is 14.9. The molecule has 0 aliphatic heterocycles. The molecule has 100 valence electrons. The fourth-order valence-corrected chi connectivity index (χ4v) is 1.91. The molecule has 7 nitrogen and oxygen atoms in total. The van der Waals surface area contributed by atoms with Crippen LogP contribution in [0.5, 0.6) is 5.75 Å². The Hall–Kier alpha value is -3.14. The highest BCUT2D eigenvalue weighted by Gasteiger charge is 2.20. The number of nitrogens with zero attached hydrogens (tertiary/aromatic N) is 2. The predicted octanol–water partition coefficient (Wildman–Crippen LogP) is 1.84. The molecular weight excluding hydrogens is 262 g/mol. The summed E-state index contributed by atoms with van der Waals surface area (Å²) in [5.74, 6) is -0.570. The van der Waals surface area contributed by atoms with Crippen LogP contribution in [0.4, 0.5) is 5.69 Å². The fraction of sp³-hybridized carbons (Fsp3) is 0.0769. The van der Waals surface area contributed by atoms with Gasteiger partial charge in [-0.2, -0.15) is 5.26 Å². The van der Waals surface area contributed by atoms with Crippen LogP contribution in [0, 0.1) is 28.4 Å². The number of rotatable bonds is 2. The van der Waals surface area contributed by atoms with Crippen LogP contribution in [0.3, 0.4) is 0 Å². The van der Waals surface area contributed by atoms with Gasteiger partial charge in [0.2, 0.25) is 5.75 Å². The van der Waals surface area contributed by atoms with Crippen molar-refractivity contribution in [2.75, 3.05) is 0 Å². The maximum Gasteiger partial charge on any atom is 0.311 e. The molecule has 1 aromatic carbocycles. The summed E-state index contributed by atoms with van der Waals surface area (Å²) >= 11 is 0. The molecule has 1 heterocycles. The van der Waals surface area contributed by atoms with E-state index in [0.717, 1.165) is 6.07 Å². The number of aryl methyl sites for hydroxylation is 1. The Morgan fingerprint density at radius 1 is 1.40 bits per heavy atom. The molecule has 0 aliphatic rings. The van der Waals surface area contributed by atoms with E-state index < -0.39 is 21.9 Å². The van der Waals surface area contributed by atoms with Crippen molar-refractivity contribution in [3.63, 3.8) is 0 Å². The van der Waals surface area contributed by atoms with Gasteiger partial charge in [0.05, 0.1) is 4.92 Å². The van der Waals surface area contributed by atoms with E-state index in [1.807, 2.05) is 0 Å². The van der Waals surface area contributed by atoms with Crippen molar-refractivity contribution >= 4 is 5.69 Å². The Morgan fingerprint density at radius 2 is 2.10 bits per heavy atom. The number of nitro benzene ring substituents is 1. The minimum atomic E-state index is -0.731. The predicted molar refractivity (Wildman–Crippen MR) is 70.3 cm³/mol. The normalized spacial score (nSPS) is 10.0. The van der Waals surface area contributed by atoms with Crippen LogP contribution in [0.2, 0.25) is 0 Å². The van der Waals surface area contributed by atoms with Crippen LogP contribution < -0.4 is 5.56 Å². The summed E-state index contributed by atoms with van der Waals surface area (Å²) in [5, 5.41) is 29.8. The number of aromatic hydroxyl groups is 1. The molecule has 1 aromatic heterocycles. The number of nitriles is 1. The number of para-hydroxylation sites is 1. The second kappa shape index (κ2) is 4.85. The van der Waals surface area contributed by atoms with E-state index in [2.05, 4.69) is 4.98 Å². The van der Waals surface area contributed by atoms with E-state index >= 15 is 0 Å². The number of aromatic nitrogens is 1. The first-order valence-electron chi connectivity index (χ1n) is 5.56. The molecular formula is C13H9N3O4. The molecule has 0 saturated carbocycles. The molecule has 0 unspecified atom stereocenters. The maximum atomic E-state index is 11.7. The number of hydrogen-bond acceptors (Lipinski definition) is 5.